The first-order valence-corrected chi connectivity index (χ1v) is 5.62. The van der Waals surface area contributed by atoms with Gasteiger partial charge < -0.3 is 5.32 Å². The first-order valence-electron chi connectivity index (χ1n) is 5.62. The van der Waals surface area contributed by atoms with E-state index in [0.29, 0.717) is 5.69 Å². The molecule has 1 aromatic heterocycles. The fraction of sp³-hybridized carbons (Fsp3) is 0.583. The molecule has 1 N–H and O–H groups in total. The highest BCUT2D eigenvalue weighted by molar-refractivity contribution is 5.92. The summed E-state index contributed by atoms with van der Waals surface area (Å²) in [6.45, 7) is 8.00. The van der Waals surface area contributed by atoms with Crippen LogP contribution in [0.3, 0.4) is 0 Å². The minimum absolute atomic E-state index is 0.154. The second-order valence-electron chi connectivity index (χ2n) is 4.26. The SMILES string of the molecule is CCC(C)(CC)NC(=O)c1cnc(C)cn1. The molecule has 0 aliphatic carbocycles. The van der Waals surface area contributed by atoms with E-state index in [-0.39, 0.29) is 11.4 Å². The van der Waals surface area contributed by atoms with E-state index in [0.717, 1.165) is 18.5 Å². The summed E-state index contributed by atoms with van der Waals surface area (Å²) in [4.78, 5) is 20.0. The van der Waals surface area contributed by atoms with Crippen molar-refractivity contribution >= 4 is 5.91 Å². The third kappa shape index (κ3) is 3.02. The Bertz CT molecular complexity index is 355. The second kappa shape index (κ2) is 5.05. The van der Waals surface area contributed by atoms with Crippen LogP contribution in [0.15, 0.2) is 12.4 Å². The number of carbonyl (C=O) groups excluding carboxylic acids is 1. The number of rotatable bonds is 4. The van der Waals surface area contributed by atoms with E-state index < -0.39 is 0 Å². The Kier molecular flexibility index (Phi) is 3.99. The number of nitrogens with zero attached hydrogens (tertiary/aromatic N) is 2. The Morgan fingerprint density at radius 1 is 1.31 bits per heavy atom. The van der Waals surface area contributed by atoms with Crippen molar-refractivity contribution in [2.75, 3.05) is 0 Å². The molecule has 0 saturated heterocycles. The molecule has 0 saturated carbocycles. The predicted octanol–water partition coefficient (Wildman–Crippen LogP) is 2.09. The Labute approximate surface area is 96.5 Å². The molecule has 0 unspecified atom stereocenters. The number of hydrogen-bond acceptors (Lipinski definition) is 3. The quantitative estimate of drug-likeness (QED) is 0.847. The van der Waals surface area contributed by atoms with E-state index in [1.54, 1.807) is 6.20 Å². The fourth-order valence-electron chi connectivity index (χ4n) is 1.27. The third-order valence-corrected chi connectivity index (χ3v) is 2.99. The number of aryl methyl sites for hydroxylation is 1. The molecule has 0 aliphatic rings. The molecular weight excluding hydrogens is 202 g/mol. The van der Waals surface area contributed by atoms with Gasteiger partial charge in [0.25, 0.3) is 5.91 Å². The van der Waals surface area contributed by atoms with Crippen LogP contribution < -0.4 is 5.32 Å². The molecular formula is C12H19N3O. The third-order valence-electron chi connectivity index (χ3n) is 2.99. The van der Waals surface area contributed by atoms with Crippen molar-refractivity contribution in [3.63, 3.8) is 0 Å². The number of nitrogens with one attached hydrogen (secondary N) is 1. The Balaban J connectivity index is 2.76. The van der Waals surface area contributed by atoms with Crippen molar-refractivity contribution in [2.45, 2.75) is 46.1 Å². The van der Waals surface area contributed by atoms with Crippen LogP contribution in [0.25, 0.3) is 0 Å². The molecule has 1 amide bonds. The number of hydrogen-bond donors (Lipinski definition) is 1. The van der Waals surface area contributed by atoms with Gasteiger partial charge in [-0.2, -0.15) is 0 Å². The number of carbonyl (C=O) groups is 1. The van der Waals surface area contributed by atoms with Crippen molar-refractivity contribution in [3.05, 3.63) is 23.8 Å². The summed E-state index contributed by atoms with van der Waals surface area (Å²) in [5.41, 5.74) is 1.02. The van der Waals surface area contributed by atoms with Gasteiger partial charge in [-0.1, -0.05) is 13.8 Å². The molecule has 4 heteroatoms. The largest absolute Gasteiger partial charge is 0.346 e. The zero-order valence-corrected chi connectivity index (χ0v) is 10.4. The molecule has 0 aromatic carbocycles. The topological polar surface area (TPSA) is 54.9 Å². The van der Waals surface area contributed by atoms with Crippen LogP contribution in [-0.2, 0) is 0 Å². The maximum absolute atomic E-state index is 11.9. The highest BCUT2D eigenvalue weighted by Crippen LogP contribution is 2.14. The monoisotopic (exact) mass is 221 g/mol. The maximum atomic E-state index is 11.9. The molecule has 4 nitrogen and oxygen atoms in total. The van der Waals surface area contributed by atoms with Crippen molar-refractivity contribution in [3.8, 4) is 0 Å². The molecule has 88 valence electrons. The molecule has 0 radical (unpaired) electrons. The van der Waals surface area contributed by atoms with Crippen LogP contribution in [0, 0.1) is 6.92 Å². The molecule has 0 atom stereocenters. The van der Waals surface area contributed by atoms with E-state index in [4.69, 9.17) is 0 Å². The Morgan fingerprint density at radius 3 is 2.38 bits per heavy atom. The predicted molar refractivity (Wildman–Crippen MR) is 63.2 cm³/mol. The maximum Gasteiger partial charge on any atom is 0.271 e. The average molecular weight is 221 g/mol. The van der Waals surface area contributed by atoms with Gasteiger partial charge in [-0.3, -0.25) is 9.78 Å². The summed E-state index contributed by atoms with van der Waals surface area (Å²) in [7, 11) is 0. The van der Waals surface area contributed by atoms with Crippen LogP contribution in [-0.4, -0.2) is 21.4 Å². The smallest absolute Gasteiger partial charge is 0.271 e. The summed E-state index contributed by atoms with van der Waals surface area (Å²) < 4.78 is 0. The lowest BCUT2D eigenvalue weighted by atomic mass is 9.95. The molecule has 1 aromatic rings. The van der Waals surface area contributed by atoms with Gasteiger partial charge in [0, 0.05) is 11.7 Å². The molecule has 0 bridgehead atoms. The minimum Gasteiger partial charge on any atom is -0.346 e. The van der Waals surface area contributed by atoms with Crippen LogP contribution in [0.2, 0.25) is 0 Å². The van der Waals surface area contributed by atoms with E-state index in [1.807, 2.05) is 13.8 Å². The Hall–Kier alpha value is -1.45. The van der Waals surface area contributed by atoms with E-state index in [2.05, 4.69) is 29.1 Å². The summed E-state index contributed by atoms with van der Waals surface area (Å²) >= 11 is 0. The second-order valence-corrected chi connectivity index (χ2v) is 4.26. The Morgan fingerprint density at radius 2 is 1.94 bits per heavy atom. The number of amides is 1. The summed E-state index contributed by atoms with van der Waals surface area (Å²) in [6.07, 6.45) is 4.91. The van der Waals surface area contributed by atoms with Crippen LogP contribution in [0.1, 0.15) is 49.8 Å². The van der Waals surface area contributed by atoms with Gasteiger partial charge in [0.2, 0.25) is 0 Å². The van der Waals surface area contributed by atoms with Crippen molar-refractivity contribution in [1.29, 1.82) is 0 Å². The van der Waals surface area contributed by atoms with Crippen LogP contribution in [0.5, 0.6) is 0 Å². The van der Waals surface area contributed by atoms with Crippen molar-refractivity contribution in [1.82, 2.24) is 15.3 Å². The molecule has 0 fully saturated rings. The van der Waals surface area contributed by atoms with E-state index >= 15 is 0 Å². The van der Waals surface area contributed by atoms with Gasteiger partial charge >= 0.3 is 0 Å². The normalized spacial score (nSPS) is 11.2. The number of aromatic nitrogens is 2. The van der Waals surface area contributed by atoms with E-state index in [9.17, 15) is 4.79 Å². The summed E-state index contributed by atoms with van der Waals surface area (Å²) in [5.74, 6) is -0.154. The van der Waals surface area contributed by atoms with E-state index in [1.165, 1.54) is 6.20 Å². The van der Waals surface area contributed by atoms with Gasteiger partial charge in [-0.05, 0) is 26.7 Å². The lowest BCUT2D eigenvalue weighted by Gasteiger charge is -2.27. The average Bonchev–Trinajstić information content (AvgIpc) is 2.29. The zero-order chi connectivity index (χ0) is 12.2. The van der Waals surface area contributed by atoms with Gasteiger partial charge in [0.1, 0.15) is 5.69 Å². The highest BCUT2D eigenvalue weighted by Gasteiger charge is 2.23. The summed E-state index contributed by atoms with van der Waals surface area (Å²) in [5, 5.41) is 2.99. The first-order chi connectivity index (χ1) is 7.50. The van der Waals surface area contributed by atoms with Crippen molar-refractivity contribution < 1.29 is 4.79 Å². The van der Waals surface area contributed by atoms with Gasteiger partial charge in [-0.25, -0.2) is 4.98 Å². The van der Waals surface area contributed by atoms with Gasteiger partial charge in [0.15, 0.2) is 0 Å². The van der Waals surface area contributed by atoms with Crippen LogP contribution >= 0.6 is 0 Å². The van der Waals surface area contributed by atoms with Gasteiger partial charge in [0.05, 0.1) is 11.9 Å². The molecule has 16 heavy (non-hydrogen) atoms. The molecule has 1 rings (SSSR count). The zero-order valence-electron chi connectivity index (χ0n) is 10.4. The lowest BCUT2D eigenvalue weighted by molar-refractivity contribution is 0.0895. The van der Waals surface area contributed by atoms with Gasteiger partial charge in [-0.15, -0.1) is 0 Å². The first kappa shape index (κ1) is 12.6. The molecule has 1 heterocycles. The van der Waals surface area contributed by atoms with Crippen LogP contribution in [0.4, 0.5) is 0 Å². The molecule has 0 spiro atoms. The minimum atomic E-state index is -0.163. The fourth-order valence-corrected chi connectivity index (χ4v) is 1.27. The highest BCUT2D eigenvalue weighted by atomic mass is 16.2. The standard InChI is InChI=1S/C12H19N3O/c1-5-12(4,6-2)15-11(16)10-8-13-9(3)7-14-10/h7-8H,5-6H2,1-4H3,(H,15,16). The summed E-state index contributed by atoms with van der Waals surface area (Å²) in [6, 6.07) is 0. The lowest BCUT2D eigenvalue weighted by Crippen LogP contribution is -2.45. The van der Waals surface area contributed by atoms with Crippen molar-refractivity contribution in [2.24, 2.45) is 0 Å². The molecule has 0 aliphatic heterocycles.